The van der Waals surface area contributed by atoms with Crippen LogP contribution >= 0.6 is 7.82 Å². The fourth-order valence-corrected chi connectivity index (χ4v) is 6.15. The summed E-state index contributed by atoms with van der Waals surface area (Å²) in [4.78, 5) is 37.1. The van der Waals surface area contributed by atoms with E-state index in [1.165, 1.54) is 10.8 Å². The third-order valence-electron chi connectivity index (χ3n) is 6.85. The lowest BCUT2D eigenvalue weighted by Crippen LogP contribution is -2.42. The van der Waals surface area contributed by atoms with Gasteiger partial charge >= 0.3 is 13.5 Å². The molecule has 4 rings (SSSR count). The summed E-state index contributed by atoms with van der Waals surface area (Å²) in [5.41, 5.74) is -0.609. The van der Waals surface area contributed by atoms with Crippen LogP contribution in [0.25, 0.3) is 0 Å². The number of nitrogens with zero attached hydrogens (tertiary/aromatic N) is 2. The van der Waals surface area contributed by atoms with Crippen LogP contribution in [0.3, 0.4) is 0 Å². The molecule has 3 heterocycles. The van der Waals surface area contributed by atoms with E-state index < -0.39 is 54.8 Å². The van der Waals surface area contributed by atoms with Crippen molar-refractivity contribution in [2.75, 3.05) is 13.4 Å². The minimum absolute atomic E-state index is 0.0292. The van der Waals surface area contributed by atoms with Crippen LogP contribution in [0, 0.1) is 13.8 Å². The molecule has 14 heteroatoms. The molecule has 3 unspecified atom stereocenters. The monoisotopic (exact) mass is 626 g/mol. The van der Waals surface area contributed by atoms with Crippen LogP contribution in [-0.2, 0) is 34.6 Å². The average molecular weight is 627 g/mol. The Hall–Kier alpha value is -2.51. The Morgan fingerprint density at radius 1 is 1.05 bits per heavy atom. The quantitative estimate of drug-likeness (QED) is 0.372. The average Bonchev–Trinajstić information content (AvgIpc) is 3.48. The largest absolute Gasteiger partial charge is 0.473 e. The molecule has 2 aromatic rings. The van der Waals surface area contributed by atoms with Crippen molar-refractivity contribution in [3.05, 3.63) is 55.9 Å². The Morgan fingerprint density at radius 3 is 2.33 bits per heavy atom. The minimum Gasteiger partial charge on any atom is -0.454 e. The SMILES string of the molecule is Cc1cc2c(cc1C(C)OCn1c(=O)c(C)cn([C@H]3CC(OP(=O)(O)OC(C)(C)C)[C@@H](COC(C)(C)C)O3)c1=O)OCO2. The maximum Gasteiger partial charge on any atom is 0.473 e. The Morgan fingerprint density at radius 2 is 1.70 bits per heavy atom. The molecular formula is C29H43N2O11P. The van der Waals surface area contributed by atoms with Crippen molar-refractivity contribution < 1.29 is 42.2 Å². The van der Waals surface area contributed by atoms with Crippen LogP contribution < -0.4 is 20.7 Å². The summed E-state index contributed by atoms with van der Waals surface area (Å²) in [7, 11) is -4.50. The summed E-state index contributed by atoms with van der Waals surface area (Å²) in [5.74, 6) is 1.26. The zero-order chi connectivity index (χ0) is 31.9. The van der Waals surface area contributed by atoms with Gasteiger partial charge in [0.2, 0.25) is 6.79 Å². The van der Waals surface area contributed by atoms with Crippen LogP contribution in [0.15, 0.2) is 27.9 Å². The van der Waals surface area contributed by atoms with Crippen LogP contribution in [0.1, 0.15) is 83.9 Å². The van der Waals surface area contributed by atoms with Gasteiger partial charge in [0, 0.05) is 18.2 Å². The van der Waals surface area contributed by atoms with Gasteiger partial charge in [-0.05, 0) is 85.6 Å². The van der Waals surface area contributed by atoms with E-state index in [2.05, 4.69) is 0 Å². The van der Waals surface area contributed by atoms with Crippen molar-refractivity contribution in [1.82, 2.24) is 9.13 Å². The summed E-state index contributed by atoms with van der Waals surface area (Å²) in [6, 6.07) is 3.69. The van der Waals surface area contributed by atoms with Crippen LogP contribution in [0.4, 0.5) is 0 Å². The smallest absolute Gasteiger partial charge is 0.454 e. The highest BCUT2D eigenvalue weighted by atomic mass is 31.2. The highest BCUT2D eigenvalue weighted by Crippen LogP contribution is 2.51. The zero-order valence-electron chi connectivity index (χ0n) is 26.2. The molecule has 1 N–H and O–H groups in total. The minimum atomic E-state index is -4.50. The third kappa shape index (κ3) is 8.36. The molecule has 0 radical (unpaired) electrons. The number of ether oxygens (including phenoxy) is 5. The summed E-state index contributed by atoms with van der Waals surface area (Å²) < 4.78 is 54.9. The lowest BCUT2D eigenvalue weighted by Gasteiger charge is -2.28. The summed E-state index contributed by atoms with van der Waals surface area (Å²) >= 11 is 0. The van der Waals surface area contributed by atoms with Gasteiger partial charge in [-0.3, -0.25) is 18.4 Å². The second kappa shape index (κ2) is 12.5. The molecule has 1 fully saturated rings. The van der Waals surface area contributed by atoms with Crippen molar-refractivity contribution in [3.63, 3.8) is 0 Å². The Bertz CT molecular complexity index is 1490. The van der Waals surface area contributed by atoms with Crippen LogP contribution in [0.2, 0.25) is 0 Å². The van der Waals surface area contributed by atoms with Crippen LogP contribution in [-0.4, -0.2) is 50.8 Å². The molecule has 0 amide bonds. The van der Waals surface area contributed by atoms with Gasteiger partial charge in [0.05, 0.1) is 23.9 Å². The number of aromatic nitrogens is 2. The van der Waals surface area contributed by atoms with Gasteiger partial charge in [0.15, 0.2) is 11.5 Å². The van der Waals surface area contributed by atoms with Gasteiger partial charge in [0.25, 0.3) is 5.56 Å². The predicted octanol–water partition coefficient (Wildman–Crippen LogP) is 4.49. The lowest BCUT2D eigenvalue weighted by molar-refractivity contribution is -0.100. The fourth-order valence-electron chi connectivity index (χ4n) is 4.85. The number of benzene rings is 1. The molecule has 0 spiro atoms. The number of hydrogen-bond donors (Lipinski definition) is 1. The zero-order valence-corrected chi connectivity index (χ0v) is 27.1. The molecule has 240 valence electrons. The van der Waals surface area contributed by atoms with Gasteiger partial charge in [-0.15, -0.1) is 0 Å². The molecule has 0 bridgehead atoms. The van der Waals surface area contributed by atoms with Gasteiger partial charge in [-0.1, -0.05) is 0 Å². The molecule has 1 aromatic carbocycles. The normalized spacial score (nSPS) is 22.5. The predicted molar refractivity (Wildman–Crippen MR) is 156 cm³/mol. The van der Waals surface area contributed by atoms with E-state index in [1.807, 2.05) is 46.8 Å². The standard InChI is InChI=1S/C29H43N2O11P/c1-17-10-21-22(38-16-37-21)11-20(17)19(3)36-15-31-26(32)18(2)13-30(27(31)33)25-12-23(24(40-25)14-39-28(4,5)6)41-43(34,35)42-29(7,8)9/h10-11,13,19,23-25H,12,14-16H2,1-9H3,(H,34,35)/t19?,23?,24-,25-/m1/s1. The highest BCUT2D eigenvalue weighted by molar-refractivity contribution is 7.47. The van der Waals surface area contributed by atoms with Crippen LogP contribution in [0.5, 0.6) is 11.5 Å². The number of phosphoric acid groups is 1. The lowest BCUT2D eigenvalue weighted by atomic mass is 10.0. The summed E-state index contributed by atoms with van der Waals surface area (Å²) in [5, 5.41) is 0. The Labute approximate surface area is 251 Å². The Balaban J connectivity index is 1.57. The first-order valence-corrected chi connectivity index (χ1v) is 15.7. The molecule has 2 aliphatic heterocycles. The number of fused-ring (bicyclic) bond motifs is 1. The van der Waals surface area contributed by atoms with Crippen molar-refractivity contribution in [3.8, 4) is 11.5 Å². The summed E-state index contributed by atoms with van der Waals surface area (Å²) in [6.07, 6.45) is -1.70. The van der Waals surface area contributed by atoms with Crippen molar-refractivity contribution >= 4 is 7.82 Å². The van der Waals surface area contributed by atoms with E-state index in [-0.39, 0.29) is 32.1 Å². The maximum atomic E-state index is 13.6. The highest BCUT2D eigenvalue weighted by Gasteiger charge is 2.44. The van der Waals surface area contributed by atoms with Gasteiger partial charge in [-0.25, -0.2) is 13.9 Å². The molecule has 1 saturated heterocycles. The molecule has 1 aromatic heterocycles. The summed E-state index contributed by atoms with van der Waals surface area (Å²) in [6.45, 7) is 15.7. The fraction of sp³-hybridized carbons (Fsp3) is 0.655. The molecule has 0 saturated carbocycles. The maximum absolute atomic E-state index is 13.6. The first kappa shape index (κ1) is 33.4. The van der Waals surface area contributed by atoms with Crippen molar-refractivity contribution in [1.29, 1.82) is 0 Å². The molecule has 43 heavy (non-hydrogen) atoms. The van der Waals surface area contributed by atoms with E-state index in [0.29, 0.717) is 11.5 Å². The van der Waals surface area contributed by atoms with Gasteiger partial charge in [0.1, 0.15) is 25.2 Å². The van der Waals surface area contributed by atoms with Gasteiger partial charge in [-0.2, -0.15) is 0 Å². The van der Waals surface area contributed by atoms with E-state index in [4.69, 9.17) is 32.7 Å². The number of rotatable bonds is 10. The first-order valence-electron chi connectivity index (χ1n) is 14.2. The molecule has 2 aliphatic rings. The Kier molecular flexibility index (Phi) is 9.68. The van der Waals surface area contributed by atoms with Crippen molar-refractivity contribution in [2.24, 2.45) is 0 Å². The van der Waals surface area contributed by atoms with Gasteiger partial charge < -0.3 is 28.6 Å². The first-order chi connectivity index (χ1) is 19.8. The molecule has 0 aliphatic carbocycles. The second-order valence-corrected chi connectivity index (χ2v) is 14.2. The second-order valence-electron chi connectivity index (χ2n) is 12.8. The number of hydrogen-bond acceptors (Lipinski definition) is 10. The van der Waals surface area contributed by atoms with E-state index >= 15 is 0 Å². The number of aryl methyl sites for hydroxylation is 2. The van der Waals surface area contributed by atoms with E-state index in [9.17, 15) is 19.0 Å². The topological polar surface area (TPSA) is 146 Å². The van der Waals surface area contributed by atoms with E-state index in [0.717, 1.165) is 15.7 Å². The molecule has 13 nitrogen and oxygen atoms in total. The molecule has 5 atom stereocenters. The van der Waals surface area contributed by atoms with E-state index in [1.54, 1.807) is 27.7 Å². The third-order valence-corrected chi connectivity index (χ3v) is 8.16. The molecular weight excluding hydrogens is 583 g/mol. The van der Waals surface area contributed by atoms with Crippen molar-refractivity contribution in [2.45, 2.75) is 111 Å². The number of phosphoric ester groups is 1.